The molecule has 1 atom stereocenters. The van der Waals surface area contributed by atoms with Crippen molar-refractivity contribution in [2.75, 3.05) is 6.26 Å². The van der Waals surface area contributed by atoms with Crippen LogP contribution < -0.4 is 4.72 Å². The van der Waals surface area contributed by atoms with Crippen molar-refractivity contribution in [3.05, 3.63) is 30.6 Å². The SMILES string of the molecule is C[SH](S)NCc1cn(-c2cncnc2)nn1. The molecule has 2 heterocycles. The summed E-state index contributed by atoms with van der Waals surface area (Å²) in [6.45, 7) is 0.666. The van der Waals surface area contributed by atoms with Crippen LogP contribution in [-0.2, 0) is 6.54 Å². The summed E-state index contributed by atoms with van der Waals surface area (Å²) in [5, 5.41) is 8.03. The van der Waals surface area contributed by atoms with Gasteiger partial charge in [-0.25, -0.2) is 14.6 Å². The molecule has 0 aliphatic rings. The Kier molecular flexibility index (Phi) is 3.75. The Labute approximate surface area is 101 Å². The molecule has 0 saturated carbocycles. The van der Waals surface area contributed by atoms with E-state index in [0.29, 0.717) is 6.54 Å². The van der Waals surface area contributed by atoms with Crippen LogP contribution in [0.5, 0.6) is 0 Å². The molecule has 0 aliphatic carbocycles. The molecular formula is C8H12N6S2. The lowest BCUT2D eigenvalue weighted by molar-refractivity contribution is 0.786. The van der Waals surface area contributed by atoms with E-state index in [1.165, 1.54) is 6.33 Å². The molecule has 86 valence electrons. The fourth-order valence-corrected chi connectivity index (χ4v) is 1.71. The monoisotopic (exact) mass is 256 g/mol. The van der Waals surface area contributed by atoms with Crippen molar-refractivity contribution in [1.29, 1.82) is 0 Å². The summed E-state index contributed by atoms with van der Waals surface area (Å²) in [6.07, 6.45) is 8.72. The second-order valence-electron chi connectivity index (χ2n) is 3.11. The molecule has 0 bridgehead atoms. The van der Waals surface area contributed by atoms with Crippen LogP contribution in [0.15, 0.2) is 24.9 Å². The van der Waals surface area contributed by atoms with E-state index >= 15 is 0 Å². The first-order valence-corrected chi connectivity index (χ1v) is 7.52. The molecule has 16 heavy (non-hydrogen) atoms. The smallest absolute Gasteiger partial charge is 0.115 e. The lowest BCUT2D eigenvalue weighted by Crippen LogP contribution is -2.05. The average Bonchev–Trinajstić information content (AvgIpc) is 2.76. The zero-order chi connectivity index (χ0) is 11.4. The number of rotatable bonds is 4. The van der Waals surface area contributed by atoms with Crippen molar-refractivity contribution in [2.45, 2.75) is 6.54 Å². The van der Waals surface area contributed by atoms with Crippen LogP contribution in [0.2, 0.25) is 0 Å². The van der Waals surface area contributed by atoms with E-state index < -0.39 is 10.1 Å². The average molecular weight is 256 g/mol. The van der Waals surface area contributed by atoms with E-state index in [2.05, 4.69) is 36.7 Å². The molecule has 6 nitrogen and oxygen atoms in total. The van der Waals surface area contributed by atoms with Crippen LogP contribution in [0.3, 0.4) is 0 Å². The summed E-state index contributed by atoms with van der Waals surface area (Å²) >= 11 is 4.28. The lowest BCUT2D eigenvalue weighted by Gasteiger charge is -2.07. The minimum absolute atomic E-state index is 0.426. The highest BCUT2D eigenvalue weighted by atomic mass is 33.1. The second-order valence-corrected chi connectivity index (χ2v) is 6.27. The molecule has 0 fully saturated rings. The van der Waals surface area contributed by atoms with Crippen LogP contribution >= 0.6 is 21.8 Å². The molecule has 0 aromatic carbocycles. The Morgan fingerprint density at radius 1 is 1.44 bits per heavy atom. The Morgan fingerprint density at radius 2 is 2.19 bits per heavy atom. The van der Waals surface area contributed by atoms with E-state index in [9.17, 15) is 0 Å². The maximum atomic E-state index is 4.28. The molecule has 0 aliphatic heterocycles. The van der Waals surface area contributed by atoms with Gasteiger partial charge in [-0.2, -0.15) is 10.1 Å². The molecule has 0 radical (unpaired) electrons. The first-order valence-electron chi connectivity index (χ1n) is 4.58. The molecule has 1 unspecified atom stereocenters. The third-order valence-electron chi connectivity index (χ3n) is 1.84. The number of nitrogens with zero attached hydrogens (tertiary/aromatic N) is 5. The highest BCUT2D eigenvalue weighted by Gasteiger charge is 2.02. The van der Waals surface area contributed by atoms with Gasteiger partial charge in [-0.1, -0.05) is 5.21 Å². The van der Waals surface area contributed by atoms with Gasteiger partial charge in [-0.05, 0) is 6.26 Å². The predicted molar refractivity (Wildman–Crippen MR) is 67.7 cm³/mol. The number of thiol groups is 2. The van der Waals surface area contributed by atoms with Crippen molar-refractivity contribution in [3.63, 3.8) is 0 Å². The van der Waals surface area contributed by atoms with Gasteiger partial charge in [0.2, 0.25) is 0 Å². The maximum absolute atomic E-state index is 4.28. The first-order chi connectivity index (χ1) is 7.75. The molecular weight excluding hydrogens is 244 g/mol. The summed E-state index contributed by atoms with van der Waals surface area (Å²) in [4.78, 5) is 7.84. The van der Waals surface area contributed by atoms with E-state index in [0.717, 1.165) is 11.4 Å². The Balaban J connectivity index is 2.08. The van der Waals surface area contributed by atoms with Crippen molar-refractivity contribution < 1.29 is 0 Å². The highest BCUT2D eigenvalue weighted by molar-refractivity contribution is 8.77. The molecule has 1 N–H and O–H groups in total. The van der Waals surface area contributed by atoms with Gasteiger partial charge in [0.05, 0.1) is 30.8 Å². The topological polar surface area (TPSA) is 68.5 Å². The van der Waals surface area contributed by atoms with Crippen molar-refractivity contribution >= 4 is 21.8 Å². The summed E-state index contributed by atoms with van der Waals surface area (Å²) < 4.78 is 4.85. The molecule has 2 aromatic rings. The fraction of sp³-hybridized carbons (Fsp3) is 0.250. The summed E-state index contributed by atoms with van der Waals surface area (Å²) in [7, 11) is -0.426. The second kappa shape index (κ2) is 5.28. The van der Waals surface area contributed by atoms with Crippen LogP contribution in [0.1, 0.15) is 5.69 Å². The number of hydrogen-bond acceptors (Lipinski definition) is 6. The van der Waals surface area contributed by atoms with Crippen molar-refractivity contribution in [3.8, 4) is 5.69 Å². The molecule has 0 spiro atoms. The summed E-state index contributed by atoms with van der Waals surface area (Å²) in [5.41, 5.74) is 1.66. The Hall–Kier alpha value is -1.12. The summed E-state index contributed by atoms with van der Waals surface area (Å²) in [6, 6.07) is 0. The zero-order valence-electron chi connectivity index (χ0n) is 8.65. The third kappa shape index (κ3) is 2.94. The van der Waals surface area contributed by atoms with Crippen molar-refractivity contribution in [1.82, 2.24) is 29.7 Å². The van der Waals surface area contributed by atoms with Gasteiger partial charge in [0.1, 0.15) is 12.0 Å². The molecule has 2 aromatic heterocycles. The van der Waals surface area contributed by atoms with Gasteiger partial charge in [0.25, 0.3) is 0 Å². The normalized spacial score (nSPS) is 13.8. The van der Waals surface area contributed by atoms with E-state index in [4.69, 9.17) is 0 Å². The van der Waals surface area contributed by atoms with E-state index in [1.807, 2.05) is 12.5 Å². The van der Waals surface area contributed by atoms with Gasteiger partial charge in [-0.3, -0.25) is 4.72 Å². The van der Waals surface area contributed by atoms with Gasteiger partial charge in [0.15, 0.2) is 0 Å². The Bertz CT molecular complexity index is 443. The van der Waals surface area contributed by atoms with E-state index in [-0.39, 0.29) is 0 Å². The van der Waals surface area contributed by atoms with Crippen LogP contribution in [0, 0.1) is 0 Å². The lowest BCUT2D eigenvalue weighted by atomic mass is 10.5. The number of aromatic nitrogens is 5. The quantitative estimate of drug-likeness (QED) is 0.550. The first kappa shape index (κ1) is 11.4. The molecule has 0 amide bonds. The molecule has 2 rings (SSSR count). The molecule has 0 saturated heterocycles. The Morgan fingerprint density at radius 3 is 2.88 bits per heavy atom. The largest absolute Gasteiger partial charge is 0.269 e. The standard InChI is InChI=1S/C8H12N6S2/c1-16(15)11-2-7-5-14(13-12-7)8-3-9-6-10-4-8/h3-6,11,15-16H,2H2,1H3. The minimum Gasteiger partial charge on any atom is -0.269 e. The minimum atomic E-state index is -0.426. The zero-order valence-corrected chi connectivity index (χ0v) is 10.4. The fourth-order valence-electron chi connectivity index (χ4n) is 1.11. The van der Waals surface area contributed by atoms with Gasteiger partial charge >= 0.3 is 0 Å². The molecule has 8 heteroatoms. The highest BCUT2D eigenvalue weighted by Crippen LogP contribution is 2.18. The third-order valence-corrected chi connectivity index (χ3v) is 2.88. The number of hydrogen-bond donors (Lipinski definition) is 3. The van der Waals surface area contributed by atoms with Crippen LogP contribution in [0.25, 0.3) is 5.69 Å². The van der Waals surface area contributed by atoms with Gasteiger partial charge in [0, 0.05) is 0 Å². The van der Waals surface area contributed by atoms with Gasteiger partial charge < -0.3 is 0 Å². The predicted octanol–water partition coefficient (Wildman–Crippen LogP) is 0.538. The van der Waals surface area contributed by atoms with Crippen molar-refractivity contribution in [2.24, 2.45) is 0 Å². The van der Waals surface area contributed by atoms with E-state index in [1.54, 1.807) is 17.1 Å². The summed E-state index contributed by atoms with van der Waals surface area (Å²) in [5.74, 6) is 0. The van der Waals surface area contributed by atoms with Crippen LogP contribution in [-0.4, -0.2) is 31.2 Å². The maximum Gasteiger partial charge on any atom is 0.115 e. The van der Waals surface area contributed by atoms with Gasteiger partial charge in [-0.15, -0.1) is 16.8 Å². The van der Waals surface area contributed by atoms with Crippen LogP contribution in [0.4, 0.5) is 0 Å². The number of nitrogens with one attached hydrogen (secondary N) is 1.